The maximum atomic E-state index is 14.3. The molecule has 0 bridgehead atoms. The van der Waals surface area contributed by atoms with Crippen LogP contribution in [0.3, 0.4) is 0 Å². The summed E-state index contributed by atoms with van der Waals surface area (Å²) in [6, 6.07) is 22.2. The fourth-order valence-electron chi connectivity index (χ4n) is 4.78. The number of hydrogen-bond acceptors (Lipinski definition) is 1. The van der Waals surface area contributed by atoms with Gasteiger partial charge in [0, 0.05) is 22.9 Å². The average molecular weight is 456 g/mol. The molecule has 1 N–H and O–H groups in total. The smallest absolute Gasteiger partial charge is 0.131 e. The third kappa shape index (κ3) is 6.47. The molecule has 34 heavy (non-hydrogen) atoms. The van der Waals surface area contributed by atoms with E-state index in [4.69, 9.17) is 0 Å². The van der Waals surface area contributed by atoms with Crippen LogP contribution in [0.4, 0.5) is 10.1 Å². The molecule has 0 spiro atoms. The molecule has 3 aromatic carbocycles. The van der Waals surface area contributed by atoms with Crippen molar-refractivity contribution in [2.45, 2.75) is 52.9 Å². The van der Waals surface area contributed by atoms with E-state index in [1.165, 1.54) is 30.4 Å². The Kier molecular flexibility index (Phi) is 9.27. The van der Waals surface area contributed by atoms with Crippen molar-refractivity contribution < 1.29 is 4.39 Å². The Balaban J connectivity index is 0.00000158. The van der Waals surface area contributed by atoms with Crippen molar-refractivity contribution >= 4 is 5.69 Å². The molecule has 178 valence electrons. The first-order valence-electron chi connectivity index (χ1n) is 12.6. The number of nitrogens with one attached hydrogen (secondary N) is 1. The molecule has 0 amide bonds. The van der Waals surface area contributed by atoms with Gasteiger partial charge in [-0.1, -0.05) is 81.5 Å². The molecular formula is C32H38FN. The van der Waals surface area contributed by atoms with Crippen LogP contribution in [0.2, 0.25) is 0 Å². The lowest BCUT2D eigenvalue weighted by atomic mass is 9.93. The predicted octanol–water partition coefficient (Wildman–Crippen LogP) is 9.14. The van der Waals surface area contributed by atoms with E-state index in [0.29, 0.717) is 17.4 Å². The van der Waals surface area contributed by atoms with Crippen molar-refractivity contribution in [1.29, 1.82) is 0 Å². The summed E-state index contributed by atoms with van der Waals surface area (Å²) in [6.07, 6.45) is 7.63. The third-order valence-electron chi connectivity index (χ3n) is 6.64. The Bertz CT molecular complexity index is 1100. The molecular weight excluding hydrogens is 417 g/mol. The topological polar surface area (TPSA) is 12.0 Å². The van der Waals surface area contributed by atoms with Gasteiger partial charge in [-0.25, -0.2) is 4.39 Å². The number of anilines is 1. The molecule has 2 atom stereocenters. The van der Waals surface area contributed by atoms with Crippen molar-refractivity contribution in [2.24, 2.45) is 11.8 Å². The summed E-state index contributed by atoms with van der Waals surface area (Å²) < 4.78 is 14.3. The Morgan fingerprint density at radius 2 is 1.71 bits per heavy atom. The van der Waals surface area contributed by atoms with Crippen LogP contribution in [0.5, 0.6) is 0 Å². The minimum atomic E-state index is -0.166. The highest BCUT2D eigenvalue weighted by Crippen LogP contribution is 2.37. The predicted molar refractivity (Wildman–Crippen MR) is 146 cm³/mol. The van der Waals surface area contributed by atoms with E-state index >= 15 is 0 Å². The number of rotatable bonds is 8. The first-order valence-corrected chi connectivity index (χ1v) is 12.6. The summed E-state index contributed by atoms with van der Waals surface area (Å²) in [5, 5.41) is 3.54. The normalized spacial score (nSPS) is 16.9. The van der Waals surface area contributed by atoms with Crippen molar-refractivity contribution in [3.8, 4) is 11.1 Å². The van der Waals surface area contributed by atoms with Gasteiger partial charge < -0.3 is 5.32 Å². The molecule has 0 radical (unpaired) electrons. The van der Waals surface area contributed by atoms with Gasteiger partial charge in [-0.2, -0.15) is 0 Å². The van der Waals surface area contributed by atoms with E-state index in [0.717, 1.165) is 35.4 Å². The molecule has 1 aliphatic carbocycles. The van der Waals surface area contributed by atoms with Gasteiger partial charge >= 0.3 is 0 Å². The zero-order chi connectivity index (χ0) is 24.5. The molecule has 0 heterocycles. The van der Waals surface area contributed by atoms with Crippen molar-refractivity contribution in [2.75, 3.05) is 5.32 Å². The highest BCUT2D eigenvalue weighted by Gasteiger charge is 2.27. The van der Waals surface area contributed by atoms with E-state index in [9.17, 15) is 4.39 Å². The number of halogens is 1. The van der Waals surface area contributed by atoms with E-state index in [1.54, 1.807) is 6.07 Å². The molecule has 1 nitrogen and oxygen atoms in total. The lowest BCUT2D eigenvalue weighted by molar-refractivity contribution is 0.534. The summed E-state index contributed by atoms with van der Waals surface area (Å²) in [4.78, 5) is 0. The fraction of sp³-hybridized carbons (Fsp3) is 0.312. The average Bonchev–Trinajstić information content (AvgIpc) is 3.34. The van der Waals surface area contributed by atoms with E-state index in [-0.39, 0.29) is 5.82 Å². The lowest BCUT2D eigenvalue weighted by Crippen LogP contribution is -2.14. The molecule has 2 unspecified atom stereocenters. The van der Waals surface area contributed by atoms with Gasteiger partial charge in [0.15, 0.2) is 0 Å². The summed E-state index contributed by atoms with van der Waals surface area (Å²) in [5.41, 5.74) is 7.26. The minimum absolute atomic E-state index is 0.166. The van der Waals surface area contributed by atoms with Crippen LogP contribution in [0.25, 0.3) is 11.1 Å². The first-order chi connectivity index (χ1) is 16.5. The van der Waals surface area contributed by atoms with Crippen molar-refractivity contribution in [1.82, 2.24) is 0 Å². The molecule has 2 heteroatoms. The van der Waals surface area contributed by atoms with Crippen LogP contribution >= 0.6 is 0 Å². The summed E-state index contributed by atoms with van der Waals surface area (Å²) in [5.74, 6) is 0.850. The molecule has 1 fully saturated rings. The Morgan fingerprint density at radius 1 is 0.971 bits per heavy atom. The zero-order valence-electron chi connectivity index (χ0n) is 20.9. The highest BCUT2D eigenvalue weighted by atomic mass is 19.1. The minimum Gasteiger partial charge on any atom is -0.359 e. The summed E-state index contributed by atoms with van der Waals surface area (Å²) >= 11 is 0. The standard InChI is InChI=1S/C30H32FN.C2H6/c1-4-25-8-6-10-28(25)22(3)32-27-9-5-7-24(20-27)13-12-23-14-16-26(17-15-23)29-18-11-21(2)19-30(29)31;1-2/h4-5,7,9,11,14-20,25,28,32H,1,3,6,8,10,12-13H2,2H3;1-2H3. The van der Waals surface area contributed by atoms with Gasteiger partial charge in [0.25, 0.3) is 0 Å². The fourth-order valence-corrected chi connectivity index (χ4v) is 4.78. The van der Waals surface area contributed by atoms with Crippen LogP contribution in [0.1, 0.15) is 49.8 Å². The highest BCUT2D eigenvalue weighted by molar-refractivity contribution is 5.64. The molecule has 0 aromatic heterocycles. The quantitative estimate of drug-likeness (QED) is 0.334. The van der Waals surface area contributed by atoms with Gasteiger partial charge in [0.2, 0.25) is 0 Å². The molecule has 1 aliphatic rings. The van der Waals surface area contributed by atoms with Crippen LogP contribution in [-0.2, 0) is 12.8 Å². The Hall–Kier alpha value is -3.13. The van der Waals surface area contributed by atoms with Crippen LogP contribution in [0, 0.1) is 24.6 Å². The Labute approximate surface area is 205 Å². The SMILES string of the molecule is C=CC1CCCC1C(=C)Nc1cccc(CCc2ccc(-c3ccc(C)cc3F)cc2)c1.CC. The molecule has 4 rings (SSSR count). The van der Waals surface area contributed by atoms with Crippen molar-refractivity contribution in [3.63, 3.8) is 0 Å². The van der Waals surface area contributed by atoms with Gasteiger partial charge in [0.1, 0.15) is 5.82 Å². The maximum Gasteiger partial charge on any atom is 0.131 e. The largest absolute Gasteiger partial charge is 0.359 e. The van der Waals surface area contributed by atoms with E-state index in [2.05, 4.69) is 60.9 Å². The van der Waals surface area contributed by atoms with Crippen LogP contribution < -0.4 is 5.32 Å². The number of hydrogen-bond donors (Lipinski definition) is 1. The monoisotopic (exact) mass is 455 g/mol. The van der Waals surface area contributed by atoms with E-state index in [1.807, 2.05) is 45.0 Å². The van der Waals surface area contributed by atoms with Gasteiger partial charge in [0.05, 0.1) is 0 Å². The first kappa shape index (κ1) is 25.5. The second-order valence-electron chi connectivity index (χ2n) is 8.97. The number of aryl methyl sites for hydroxylation is 3. The Morgan fingerprint density at radius 3 is 2.41 bits per heavy atom. The zero-order valence-corrected chi connectivity index (χ0v) is 20.9. The molecule has 1 saturated carbocycles. The third-order valence-corrected chi connectivity index (χ3v) is 6.64. The molecule has 0 aliphatic heterocycles. The second-order valence-corrected chi connectivity index (χ2v) is 8.97. The lowest BCUT2D eigenvalue weighted by Gasteiger charge is -2.21. The summed E-state index contributed by atoms with van der Waals surface area (Å²) in [6.45, 7) is 14.2. The second kappa shape index (κ2) is 12.4. The molecule has 0 saturated heterocycles. The van der Waals surface area contributed by atoms with Crippen LogP contribution in [0.15, 0.2) is 91.7 Å². The van der Waals surface area contributed by atoms with Crippen LogP contribution in [-0.4, -0.2) is 0 Å². The maximum absolute atomic E-state index is 14.3. The molecule has 3 aromatic rings. The summed E-state index contributed by atoms with van der Waals surface area (Å²) in [7, 11) is 0. The van der Waals surface area contributed by atoms with Gasteiger partial charge in [-0.05, 0) is 79.0 Å². The number of benzene rings is 3. The van der Waals surface area contributed by atoms with E-state index < -0.39 is 0 Å². The van der Waals surface area contributed by atoms with Gasteiger partial charge in [-0.3, -0.25) is 0 Å². The number of allylic oxidation sites excluding steroid dienone is 2. The van der Waals surface area contributed by atoms with Crippen molar-refractivity contribution in [3.05, 3.63) is 114 Å². The van der Waals surface area contributed by atoms with Gasteiger partial charge in [-0.15, -0.1) is 6.58 Å².